The van der Waals surface area contributed by atoms with Crippen LogP contribution in [0.15, 0.2) is 42.5 Å². The molecule has 1 N–H and O–H groups in total. The van der Waals surface area contributed by atoms with E-state index >= 15 is 8.78 Å². The topological polar surface area (TPSA) is 32.8 Å². The van der Waals surface area contributed by atoms with Crippen molar-refractivity contribution in [1.29, 1.82) is 0 Å². The Labute approximate surface area is 210 Å². The summed E-state index contributed by atoms with van der Waals surface area (Å²) in [5.41, 5.74) is -0.153. The Morgan fingerprint density at radius 3 is 1.92 bits per heavy atom. The third kappa shape index (κ3) is 4.57. The molecule has 3 aromatic rings. The van der Waals surface area contributed by atoms with Crippen molar-refractivity contribution in [2.45, 2.75) is 50.7 Å². The molecule has 0 spiro atoms. The molecular weight excluding hydrogens is 494 g/mol. The summed E-state index contributed by atoms with van der Waals surface area (Å²) in [4.78, 5) is 0. The lowest BCUT2D eigenvalue weighted by Crippen LogP contribution is -2.10. The molecule has 3 atom stereocenters. The summed E-state index contributed by atoms with van der Waals surface area (Å²) in [5, 5.41) is 9.87. The molecule has 1 fully saturated rings. The number of ether oxygens (including phenoxy) is 1. The van der Waals surface area contributed by atoms with Gasteiger partial charge in [0.05, 0.1) is 12.7 Å². The van der Waals surface area contributed by atoms with Crippen molar-refractivity contribution in [3.63, 3.8) is 0 Å². The van der Waals surface area contributed by atoms with Gasteiger partial charge < -0.3 is 9.84 Å². The van der Waals surface area contributed by atoms with Crippen molar-refractivity contribution in [1.82, 2.24) is 0 Å². The lowest BCUT2D eigenvalue weighted by molar-refractivity contribution is 0.167. The van der Waals surface area contributed by atoms with Gasteiger partial charge in [-0.15, -0.1) is 0 Å². The second-order valence-corrected chi connectivity index (χ2v) is 9.44. The largest absolute Gasteiger partial charge is 0.388 e. The molecule has 37 heavy (non-hydrogen) atoms. The van der Waals surface area contributed by atoms with Gasteiger partial charge in [0.2, 0.25) is 0 Å². The van der Waals surface area contributed by atoms with Gasteiger partial charge in [-0.1, -0.05) is 49.4 Å². The van der Waals surface area contributed by atoms with Crippen LogP contribution in [0, 0.1) is 34.9 Å². The molecule has 1 aliphatic heterocycles. The van der Waals surface area contributed by atoms with Crippen LogP contribution in [0.25, 0.3) is 16.7 Å². The average Bonchev–Trinajstić information content (AvgIpc) is 3.74. The fourth-order valence-electron chi connectivity index (χ4n) is 4.99. The maximum atomic E-state index is 15.1. The molecule has 0 aromatic heterocycles. The molecule has 2 aliphatic rings. The molecule has 0 amide bonds. The summed E-state index contributed by atoms with van der Waals surface area (Å²) >= 11 is 0. The zero-order chi connectivity index (χ0) is 26.4. The fourth-order valence-corrected chi connectivity index (χ4v) is 4.99. The number of aliphatic hydroxyl groups is 1. The zero-order valence-electron chi connectivity index (χ0n) is 19.9. The van der Waals surface area contributed by atoms with Crippen molar-refractivity contribution in [2.24, 2.45) is 0 Å². The summed E-state index contributed by atoms with van der Waals surface area (Å²) in [5.74, 6) is -7.42. The van der Waals surface area contributed by atoms with Crippen LogP contribution < -0.4 is 0 Å². The van der Waals surface area contributed by atoms with E-state index in [0.717, 1.165) is 0 Å². The standard InChI is InChI=1S/C29H24F6O2/c1-2-22(36)20-11-8-17(25(31)28(20)34)15-5-3-14(4-6-15)16-7-9-18(26(32)24(16)30)19-10-12-21(23-13-37-23)29(35)27(19)33/h5,7-12,14,22-23,36H,2-4,6,13H2,1H3. The Kier molecular flexibility index (Phi) is 6.89. The minimum absolute atomic E-state index is 0.0380. The van der Waals surface area contributed by atoms with Crippen molar-refractivity contribution in [3.8, 4) is 11.1 Å². The second-order valence-electron chi connectivity index (χ2n) is 9.44. The van der Waals surface area contributed by atoms with E-state index in [2.05, 4.69) is 0 Å². The van der Waals surface area contributed by atoms with Gasteiger partial charge in [-0.05, 0) is 42.7 Å². The Bertz CT molecular complexity index is 1400. The highest BCUT2D eigenvalue weighted by molar-refractivity contribution is 5.69. The van der Waals surface area contributed by atoms with Gasteiger partial charge in [-0.2, -0.15) is 0 Å². The minimum Gasteiger partial charge on any atom is -0.388 e. The SMILES string of the molecule is CCC(O)c1ccc(C2=CCC(c3ccc(-c4ccc(C5CO5)c(F)c4F)c(F)c3F)CC2)c(F)c1F. The monoisotopic (exact) mass is 518 g/mol. The summed E-state index contributed by atoms with van der Waals surface area (Å²) in [6.07, 6.45) is 1.17. The molecule has 1 heterocycles. The normalized spacial score (nSPS) is 20.1. The summed E-state index contributed by atoms with van der Waals surface area (Å²) in [6, 6.07) is 7.87. The predicted molar refractivity (Wildman–Crippen MR) is 127 cm³/mol. The smallest absolute Gasteiger partial charge is 0.167 e. The van der Waals surface area contributed by atoms with Gasteiger partial charge in [0.25, 0.3) is 0 Å². The Balaban J connectivity index is 1.39. The first kappa shape index (κ1) is 25.5. The number of rotatable bonds is 6. The maximum absolute atomic E-state index is 15.1. The second kappa shape index (κ2) is 9.99. The molecule has 194 valence electrons. The molecule has 0 radical (unpaired) electrons. The van der Waals surface area contributed by atoms with E-state index in [-0.39, 0.29) is 52.8 Å². The van der Waals surface area contributed by atoms with E-state index in [1.54, 1.807) is 13.0 Å². The highest BCUT2D eigenvalue weighted by Crippen LogP contribution is 2.41. The van der Waals surface area contributed by atoms with Crippen molar-refractivity contribution < 1.29 is 36.2 Å². The molecule has 0 saturated carbocycles. The van der Waals surface area contributed by atoms with Gasteiger partial charge >= 0.3 is 0 Å². The number of aliphatic hydroxyl groups excluding tert-OH is 1. The van der Waals surface area contributed by atoms with E-state index in [0.29, 0.717) is 18.4 Å². The number of hydrogen-bond donors (Lipinski definition) is 1. The van der Waals surface area contributed by atoms with Crippen LogP contribution in [0.2, 0.25) is 0 Å². The molecule has 1 aliphatic carbocycles. The minimum atomic E-state index is -1.28. The van der Waals surface area contributed by atoms with Gasteiger partial charge in [-0.3, -0.25) is 0 Å². The molecule has 0 bridgehead atoms. The number of allylic oxidation sites excluding steroid dienone is 2. The van der Waals surface area contributed by atoms with Crippen LogP contribution in [0.4, 0.5) is 26.3 Å². The molecule has 2 nitrogen and oxygen atoms in total. The van der Waals surface area contributed by atoms with Crippen LogP contribution >= 0.6 is 0 Å². The van der Waals surface area contributed by atoms with Gasteiger partial charge in [0.1, 0.15) is 6.10 Å². The van der Waals surface area contributed by atoms with E-state index < -0.39 is 53.0 Å². The number of epoxide rings is 1. The molecule has 3 unspecified atom stereocenters. The van der Waals surface area contributed by atoms with Crippen LogP contribution in [0.3, 0.4) is 0 Å². The molecule has 5 rings (SSSR count). The number of benzene rings is 3. The summed E-state index contributed by atoms with van der Waals surface area (Å²) in [7, 11) is 0. The highest BCUT2D eigenvalue weighted by atomic mass is 19.2. The first-order valence-corrected chi connectivity index (χ1v) is 12.2. The van der Waals surface area contributed by atoms with Gasteiger partial charge in [-0.25, -0.2) is 26.3 Å². The number of hydrogen-bond acceptors (Lipinski definition) is 2. The lowest BCUT2D eigenvalue weighted by Gasteiger charge is -2.24. The van der Waals surface area contributed by atoms with Crippen LogP contribution in [-0.2, 0) is 4.74 Å². The van der Waals surface area contributed by atoms with Crippen LogP contribution in [0.1, 0.15) is 73.0 Å². The Morgan fingerprint density at radius 2 is 1.35 bits per heavy atom. The molecular formula is C29H24F6O2. The van der Waals surface area contributed by atoms with E-state index in [9.17, 15) is 22.7 Å². The van der Waals surface area contributed by atoms with Crippen LogP contribution in [-0.4, -0.2) is 11.7 Å². The molecule has 1 saturated heterocycles. The van der Waals surface area contributed by atoms with Gasteiger partial charge in [0.15, 0.2) is 34.9 Å². The van der Waals surface area contributed by atoms with Crippen molar-refractivity contribution in [2.75, 3.05) is 6.61 Å². The quantitative estimate of drug-likeness (QED) is 0.265. The third-order valence-corrected chi connectivity index (χ3v) is 7.25. The van der Waals surface area contributed by atoms with E-state index in [4.69, 9.17) is 4.74 Å². The number of halogens is 6. The van der Waals surface area contributed by atoms with E-state index in [1.165, 1.54) is 36.4 Å². The molecule has 3 aromatic carbocycles. The van der Waals surface area contributed by atoms with E-state index in [1.807, 2.05) is 0 Å². The van der Waals surface area contributed by atoms with Crippen molar-refractivity contribution >= 4 is 5.57 Å². The molecule has 8 heteroatoms. The first-order valence-electron chi connectivity index (χ1n) is 12.2. The maximum Gasteiger partial charge on any atom is 0.167 e. The lowest BCUT2D eigenvalue weighted by atomic mass is 9.81. The van der Waals surface area contributed by atoms with Crippen LogP contribution in [0.5, 0.6) is 0 Å². The predicted octanol–water partition coefficient (Wildman–Crippen LogP) is 8.05. The summed E-state index contributed by atoms with van der Waals surface area (Å²) in [6.45, 7) is 1.93. The van der Waals surface area contributed by atoms with Crippen molar-refractivity contribution in [3.05, 3.63) is 99.6 Å². The highest BCUT2D eigenvalue weighted by Gasteiger charge is 2.31. The average molecular weight is 518 g/mol. The Morgan fingerprint density at radius 1 is 0.784 bits per heavy atom. The third-order valence-electron chi connectivity index (χ3n) is 7.25. The zero-order valence-corrected chi connectivity index (χ0v) is 19.9. The Hall–Kier alpha value is -3.10. The summed E-state index contributed by atoms with van der Waals surface area (Å²) < 4.78 is 93.4. The fraction of sp³-hybridized carbons (Fsp3) is 0.310. The van der Waals surface area contributed by atoms with Gasteiger partial charge in [0, 0.05) is 27.8 Å². The first-order chi connectivity index (χ1) is 17.7.